The molecule has 2 aromatic rings. The van der Waals surface area contributed by atoms with Crippen LogP contribution in [0.2, 0.25) is 0 Å². The first kappa shape index (κ1) is 22.7. The minimum absolute atomic E-state index is 0.0342. The van der Waals surface area contributed by atoms with Gasteiger partial charge in [0.1, 0.15) is 18.5 Å². The number of aryl methyl sites for hydroxylation is 2. The molecule has 3 rings (SSSR count). The number of esters is 1. The van der Waals surface area contributed by atoms with Gasteiger partial charge in [-0.25, -0.2) is 0 Å². The van der Waals surface area contributed by atoms with E-state index >= 15 is 0 Å². The first-order valence-electron chi connectivity index (χ1n) is 10.2. The Hall–Kier alpha value is -2.93. The van der Waals surface area contributed by atoms with Crippen LogP contribution in [0.4, 0.5) is 0 Å². The summed E-state index contributed by atoms with van der Waals surface area (Å²) in [4.78, 5) is 11.6. The van der Waals surface area contributed by atoms with Crippen molar-refractivity contribution in [1.82, 2.24) is 0 Å². The van der Waals surface area contributed by atoms with Crippen LogP contribution < -0.4 is 18.9 Å². The Labute approximate surface area is 182 Å². The number of rotatable bonds is 8. The van der Waals surface area contributed by atoms with E-state index in [1.165, 1.54) is 0 Å². The number of methoxy groups -OCH3 is 3. The zero-order valence-electron chi connectivity index (χ0n) is 18.7. The Bertz CT molecular complexity index is 913. The molecule has 31 heavy (non-hydrogen) atoms. The van der Waals surface area contributed by atoms with Crippen molar-refractivity contribution < 1.29 is 33.6 Å². The van der Waals surface area contributed by atoms with Gasteiger partial charge in [0.2, 0.25) is 5.75 Å². The van der Waals surface area contributed by atoms with Crippen LogP contribution in [0.15, 0.2) is 24.3 Å². The summed E-state index contributed by atoms with van der Waals surface area (Å²) < 4.78 is 27.8. The smallest absolute Gasteiger partial charge is 0.308 e. The zero-order chi connectivity index (χ0) is 22.5. The minimum Gasteiger partial charge on any atom is -0.493 e. The van der Waals surface area contributed by atoms with Crippen molar-refractivity contribution in [1.29, 1.82) is 0 Å². The van der Waals surface area contributed by atoms with Gasteiger partial charge in [-0.3, -0.25) is 4.79 Å². The van der Waals surface area contributed by atoms with Gasteiger partial charge in [0.25, 0.3) is 0 Å². The lowest BCUT2D eigenvalue weighted by atomic mass is 9.98. The molecule has 2 aromatic carbocycles. The van der Waals surface area contributed by atoms with Crippen molar-refractivity contribution in [3.05, 3.63) is 46.5 Å². The maximum atomic E-state index is 11.6. The van der Waals surface area contributed by atoms with E-state index in [1.54, 1.807) is 21.3 Å². The molecule has 0 amide bonds. The monoisotopic (exact) mass is 430 g/mol. The number of carbonyl (C=O) groups excluding carboxylic acids is 1. The summed E-state index contributed by atoms with van der Waals surface area (Å²) in [5.74, 6) is 2.07. The topological polar surface area (TPSA) is 83.5 Å². The van der Waals surface area contributed by atoms with Crippen LogP contribution >= 0.6 is 0 Å². The lowest BCUT2D eigenvalue weighted by molar-refractivity contribution is -0.162. The minimum atomic E-state index is -0.687. The fourth-order valence-electron chi connectivity index (χ4n) is 3.98. The third-order valence-corrected chi connectivity index (χ3v) is 5.26. The quantitative estimate of drug-likeness (QED) is 0.643. The SMILES string of the molecule is COc1cc(Cc2cc(C)cc(C)c2OCC2CC(O)CC(=O)O2)cc(OC)c1OC. The van der Waals surface area contributed by atoms with Gasteiger partial charge in [-0.05, 0) is 42.7 Å². The molecule has 7 heteroatoms. The van der Waals surface area contributed by atoms with E-state index in [-0.39, 0.29) is 13.0 Å². The normalized spacial score (nSPS) is 18.3. The Morgan fingerprint density at radius 2 is 1.68 bits per heavy atom. The van der Waals surface area contributed by atoms with E-state index in [0.29, 0.717) is 30.1 Å². The molecule has 1 N–H and O–H groups in total. The molecule has 1 aliphatic rings. The first-order valence-corrected chi connectivity index (χ1v) is 10.2. The Morgan fingerprint density at radius 1 is 1.00 bits per heavy atom. The molecule has 1 aliphatic heterocycles. The number of aliphatic hydroxyl groups is 1. The molecule has 1 saturated heterocycles. The van der Waals surface area contributed by atoms with Crippen molar-refractivity contribution in [2.45, 2.75) is 45.3 Å². The highest BCUT2D eigenvalue weighted by atomic mass is 16.6. The van der Waals surface area contributed by atoms with Crippen molar-refractivity contribution in [2.24, 2.45) is 0 Å². The molecular weight excluding hydrogens is 400 g/mol. The summed E-state index contributed by atoms with van der Waals surface area (Å²) in [5.41, 5.74) is 4.08. The summed E-state index contributed by atoms with van der Waals surface area (Å²) in [5, 5.41) is 9.84. The second-order valence-corrected chi connectivity index (χ2v) is 7.80. The Morgan fingerprint density at radius 3 is 2.26 bits per heavy atom. The number of cyclic esters (lactones) is 1. The highest BCUT2D eigenvalue weighted by Gasteiger charge is 2.28. The summed E-state index contributed by atoms with van der Waals surface area (Å²) >= 11 is 0. The fraction of sp³-hybridized carbons (Fsp3) is 0.458. The number of benzene rings is 2. The predicted octanol–water partition coefficient (Wildman–Crippen LogP) is 3.37. The average molecular weight is 430 g/mol. The maximum Gasteiger partial charge on any atom is 0.308 e. The second-order valence-electron chi connectivity index (χ2n) is 7.80. The lowest BCUT2D eigenvalue weighted by Gasteiger charge is -2.26. The summed E-state index contributed by atoms with van der Waals surface area (Å²) in [6.07, 6.45) is -0.161. The standard InChI is InChI=1S/C24H30O7/c1-14-6-15(2)23(30-13-19-11-18(25)12-22(26)31-19)17(7-14)8-16-9-20(27-3)24(29-5)21(10-16)28-4/h6-7,9-10,18-19,25H,8,11-13H2,1-5H3. The summed E-state index contributed by atoms with van der Waals surface area (Å²) in [6, 6.07) is 7.97. The van der Waals surface area contributed by atoms with Crippen LogP contribution in [0.5, 0.6) is 23.0 Å². The molecule has 1 heterocycles. The predicted molar refractivity (Wildman–Crippen MR) is 115 cm³/mol. The lowest BCUT2D eigenvalue weighted by Crippen LogP contribution is -2.36. The molecular formula is C24H30O7. The number of aliphatic hydroxyl groups excluding tert-OH is 1. The first-order chi connectivity index (χ1) is 14.8. The summed E-state index contributed by atoms with van der Waals surface area (Å²) in [6.45, 7) is 4.21. The molecule has 0 saturated carbocycles. The number of carbonyl (C=O) groups is 1. The van der Waals surface area contributed by atoms with Crippen LogP contribution in [0.3, 0.4) is 0 Å². The van der Waals surface area contributed by atoms with Gasteiger partial charge in [0.05, 0.1) is 33.9 Å². The van der Waals surface area contributed by atoms with Crippen LogP contribution in [0.25, 0.3) is 0 Å². The molecule has 1 fully saturated rings. The largest absolute Gasteiger partial charge is 0.493 e. The zero-order valence-corrected chi connectivity index (χ0v) is 18.7. The van der Waals surface area contributed by atoms with E-state index < -0.39 is 18.2 Å². The van der Waals surface area contributed by atoms with Crippen molar-refractivity contribution in [3.8, 4) is 23.0 Å². The van der Waals surface area contributed by atoms with Crippen LogP contribution in [-0.4, -0.2) is 51.2 Å². The highest BCUT2D eigenvalue weighted by Crippen LogP contribution is 2.39. The van der Waals surface area contributed by atoms with Gasteiger partial charge in [-0.15, -0.1) is 0 Å². The number of ether oxygens (including phenoxy) is 5. The van der Waals surface area contributed by atoms with Crippen molar-refractivity contribution >= 4 is 5.97 Å². The van der Waals surface area contributed by atoms with E-state index in [2.05, 4.69) is 12.1 Å². The molecule has 0 aliphatic carbocycles. The van der Waals surface area contributed by atoms with E-state index in [4.69, 9.17) is 23.7 Å². The Kier molecular flexibility index (Phi) is 7.28. The van der Waals surface area contributed by atoms with Crippen molar-refractivity contribution in [3.63, 3.8) is 0 Å². The summed E-state index contributed by atoms with van der Waals surface area (Å²) in [7, 11) is 4.75. The van der Waals surface area contributed by atoms with Gasteiger partial charge >= 0.3 is 5.97 Å². The molecule has 2 unspecified atom stereocenters. The molecule has 0 aromatic heterocycles. The number of hydrogen-bond donors (Lipinski definition) is 1. The van der Waals surface area contributed by atoms with Crippen LogP contribution in [0, 0.1) is 13.8 Å². The van der Waals surface area contributed by atoms with Gasteiger partial charge in [0, 0.05) is 12.8 Å². The Balaban J connectivity index is 1.87. The fourth-order valence-corrected chi connectivity index (χ4v) is 3.98. The third-order valence-electron chi connectivity index (χ3n) is 5.26. The third kappa shape index (κ3) is 5.41. The number of hydrogen-bond acceptors (Lipinski definition) is 7. The van der Waals surface area contributed by atoms with Gasteiger partial charge in [-0.1, -0.05) is 17.7 Å². The maximum absolute atomic E-state index is 11.6. The second kappa shape index (κ2) is 9.92. The molecule has 0 radical (unpaired) electrons. The molecule has 168 valence electrons. The molecule has 2 atom stereocenters. The molecule has 0 bridgehead atoms. The van der Waals surface area contributed by atoms with Crippen LogP contribution in [-0.2, 0) is 16.0 Å². The molecule has 0 spiro atoms. The van der Waals surface area contributed by atoms with Crippen LogP contribution in [0.1, 0.15) is 35.1 Å². The van der Waals surface area contributed by atoms with E-state index in [9.17, 15) is 9.90 Å². The molecule has 7 nitrogen and oxygen atoms in total. The van der Waals surface area contributed by atoms with Crippen molar-refractivity contribution in [2.75, 3.05) is 27.9 Å². The van der Waals surface area contributed by atoms with Gasteiger partial charge in [-0.2, -0.15) is 0 Å². The van der Waals surface area contributed by atoms with E-state index in [1.807, 2.05) is 26.0 Å². The van der Waals surface area contributed by atoms with Gasteiger partial charge in [0.15, 0.2) is 11.5 Å². The van der Waals surface area contributed by atoms with Gasteiger partial charge < -0.3 is 28.8 Å². The van der Waals surface area contributed by atoms with E-state index in [0.717, 1.165) is 28.0 Å². The highest BCUT2D eigenvalue weighted by molar-refractivity contribution is 5.71. The average Bonchev–Trinajstić information content (AvgIpc) is 2.71.